The molecule has 0 saturated carbocycles. The summed E-state index contributed by atoms with van der Waals surface area (Å²) in [6.07, 6.45) is -3.32. The molecular formula is C29H32F3N5S. The number of alkyl halides is 3. The van der Waals surface area contributed by atoms with Gasteiger partial charge in [0.2, 0.25) is 0 Å². The molecule has 1 fully saturated rings. The van der Waals surface area contributed by atoms with Crippen molar-refractivity contribution < 1.29 is 13.2 Å². The molecule has 2 atom stereocenters. The van der Waals surface area contributed by atoms with E-state index in [4.69, 9.17) is 0 Å². The van der Waals surface area contributed by atoms with E-state index in [9.17, 15) is 13.2 Å². The van der Waals surface area contributed by atoms with Crippen LogP contribution in [0.2, 0.25) is 0 Å². The van der Waals surface area contributed by atoms with E-state index in [1.807, 2.05) is 36.7 Å². The lowest BCUT2D eigenvalue weighted by molar-refractivity contribution is -0.137. The minimum absolute atomic E-state index is 0.163. The van der Waals surface area contributed by atoms with Crippen LogP contribution in [0.3, 0.4) is 0 Å². The molecule has 1 saturated heterocycles. The Morgan fingerprint density at radius 1 is 1.05 bits per heavy atom. The van der Waals surface area contributed by atoms with E-state index < -0.39 is 11.7 Å². The molecule has 4 aromatic rings. The molecule has 38 heavy (non-hydrogen) atoms. The molecule has 9 heteroatoms. The third kappa shape index (κ3) is 5.31. The summed E-state index contributed by atoms with van der Waals surface area (Å²) in [5.41, 5.74) is 3.19. The first-order valence-corrected chi connectivity index (χ1v) is 13.8. The highest BCUT2D eigenvalue weighted by Gasteiger charge is 2.41. The molecule has 0 bridgehead atoms. The van der Waals surface area contributed by atoms with Crippen LogP contribution in [0.1, 0.15) is 37.1 Å². The van der Waals surface area contributed by atoms with Crippen LogP contribution in [-0.2, 0) is 18.6 Å². The zero-order chi connectivity index (χ0) is 27.1. The van der Waals surface area contributed by atoms with E-state index in [0.29, 0.717) is 5.92 Å². The maximum atomic E-state index is 13.0. The van der Waals surface area contributed by atoms with Crippen molar-refractivity contribution in [1.82, 2.24) is 24.6 Å². The van der Waals surface area contributed by atoms with E-state index in [0.717, 1.165) is 70.5 Å². The van der Waals surface area contributed by atoms with Gasteiger partial charge >= 0.3 is 6.18 Å². The molecular weight excluding hydrogens is 507 g/mol. The summed E-state index contributed by atoms with van der Waals surface area (Å²) in [5.74, 6) is 2.10. The number of pyridine rings is 1. The normalized spacial score (nSPS) is 20.4. The molecule has 0 radical (unpaired) electrons. The fourth-order valence-corrected chi connectivity index (χ4v) is 6.20. The Kier molecular flexibility index (Phi) is 7.26. The fraction of sp³-hybridized carbons (Fsp3) is 0.414. The third-order valence-electron chi connectivity index (χ3n) is 7.81. The largest absolute Gasteiger partial charge is 0.416 e. The van der Waals surface area contributed by atoms with Crippen molar-refractivity contribution in [2.45, 2.75) is 43.9 Å². The topological polar surface area (TPSA) is 46.8 Å². The van der Waals surface area contributed by atoms with Crippen molar-refractivity contribution in [1.29, 1.82) is 0 Å². The number of aromatic nitrogens is 4. The van der Waals surface area contributed by atoms with Crippen molar-refractivity contribution in [3.8, 4) is 11.4 Å². The second-order valence-corrected chi connectivity index (χ2v) is 11.6. The monoisotopic (exact) mass is 539 g/mol. The van der Waals surface area contributed by atoms with E-state index in [1.165, 1.54) is 12.1 Å². The number of hydrogen-bond donors (Lipinski definition) is 0. The highest BCUT2D eigenvalue weighted by Crippen LogP contribution is 2.40. The molecule has 5 rings (SSSR count). The highest BCUT2D eigenvalue weighted by atomic mass is 32.2. The first-order valence-electron chi connectivity index (χ1n) is 12.8. The van der Waals surface area contributed by atoms with Crippen LogP contribution in [0.5, 0.6) is 0 Å². The summed E-state index contributed by atoms with van der Waals surface area (Å²) in [7, 11) is 1.99. The Morgan fingerprint density at radius 2 is 1.82 bits per heavy atom. The van der Waals surface area contributed by atoms with Crippen LogP contribution < -0.4 is 0 Å². The van der Waals surface area contributed by atoms with Gasteiger partial charge in [-0.2, -0.15) is 13.2 Å². The minimum atomic E-state index is -4.31. The molecule has 200 valence electrons. The first-order chi connectivity index (χ1) is 18.0. The molecule has 0 aliphatic carbocycles. The van der Waals surface area contributed by atoms with Crippen LogP contribution in [0.15, 0.2) is 59.8 Å². The number of aryl methyl sites for hydroxylation is 1. The summed E-state index contributed by atoms with van der Waals surface area (Å²) < 4.78 is 41.0. The molecule has 0 unspecified atom stereocenters. The van der Waals surface area contributed by atoms with Gasteiger partial charge in [-0.3, -0.25) is 4.98 Å². The van der Waals surface area contributed by atoms with Crippen LogP contribution in [0.25, 0.3) is 22.3 Å². The number of fused-ring (bicyclic) bond motifs is 1. The molecule has 0 spiro atoms. The van der Waals surface area contributed by atoms with E-state index >= 15 is 0 Å². The number of rotatable bonds is 7. The van der Waals surface area contributed by atoms with Gasteiger partial charge in [-0.05, 0) is 67.8 Å². The van der Waals surface area contributed by atoms with Crippen molar-refractivity contribution in [2.24, 2.45) is 13.0 Å². The summed E-state index contributed by atoms with van der Waals surface area (Å²) in [6.45, 7) is 9.07. The van der Waals surface area contributed by atoms with Gasteiger partial charge in [-0.1, -0.05) is 43.8 Å². The SMILES string of the molecule is Cc1ccc2cc(-c3nnc(SCCCN4C[C@H](C)[C@@](C)(c5ccc(C(F)(F)F)cc5)C4)n3C)ccc2n1. The number of nitrogens with zero attached hydrogens (tertiary/aromatic N) is 5. The van der Waals surface area contributed by atoms with Crippen LogP contribution in [0.4, 0.5) is 13.2 Å². The van der Waals surface area contributed by atoms with Gasteiger partial charge in [-0.15, -0.1) is 10.2 Å². The maximum absolute atomic E-state index is 13.0. The first kappa shape index (κ1) is 26.7. The summed E-state index contributed by atoms with van der Waals surface area (Å²) >= 11 is 1.70. The lowest BCUT2D eigenvalue weighted by Gasteiger charge is -2.29. The fourth-order valence-electron chi connectivity index (χ4n) is 5.37. The maximum Gasteiger partial charge on any atom is 0.416 e. The Hall–Kier alpha value is -2.91. The predicted molar refractivity (Wildman–Crippen MR) is 146 cm³/mol. The summed E-state index contributed by atoms with van der Waals surface area (Å²) in [4.78, 5) is 7.00. The molecule has 1 aliphatic rings. The smallest absolute Gasteiger partial charge is 0.305 e. The molecule has 2 aromatic carbocycles. The zero-order valence-corrected chi connectivity index (χ0v) is 22.9. The molecule has 0 N–H and O–H groups in total. The lowest BCUT2D eigenvalue weighted by atomic mass is 9.75. The number of hydrogen-bond acceptors (Lipinski definition) is 5. The molecule has 2 aromatic heterocycles. The van der Waals surface area contributed by atoms with Gasteiger partial charge in [0.1, 0.15) is 0 Å². The molecule has 3 heterocycles. The van der Waals surface area contributed by atoms with Crippen molar-refractivity contribution in [3.63, 3.8) is 0 Å². The molecule has 1 aliphatic heterocycles. The Labute approximate surface area is 225 Å². The standard InChI is InChI=1S/C29H32F3N5S/c1-19-17-37(18-28(19,3)23-9-11-24(12-10-23)29(30,31)32)14-5-15-38-27-35-34-26(36(27)4)22-8-13-25-21(16-22)7-6-20(2)33-25/h6-13,16,19H,5,14-15,17-18H2,1-4H3/t19-,28-/m0/s1. The van der Waals surface area contributed by atoms with Crippen LogP contribution >= 0.6 is 11.8 Å². The van der Waals surface area contributed by atoms with Gasteiger partial charge in [0, 0.05) is 47.9 Å². The van der Waals surface area contributed by atoms with Crippen LogP contribution in [0, 0.1) is 12.8 Å². The van der Waals surface area contributed by atoms with Gasteiger partial charge < -0.3 is 9.47 Å². The van der Waals surface area contributed by atoms with Crippen molar-refractivity contribution >= 4 is 22.7 Å². The average molecular weight is 540 g/mol. The van der Waals surface area contributed by atoms with E-state index in [-0.39, 0.29) is 5.41 Å². The second kappa shape index (κ2) is 10.3. The second-order valence-electron chi connectivity index (χ2n) is 10.6. The van der Waals surface area contributed by atoms with Gasteiger partial charge in [0.05, 0.1) is 11.1 Å². The number of likely N-dealkylation sites (tertiary alicyclic amines) is 1. The Bertz CT molecular complexity index is 1430. The number of thioether (sulfide) groups is 1. The highest BCUT2D eigenvalue weighted by molar-refractivity contribution is 7.99. The summed E-state index contributed by atoms with van der Waals surface area (Å²) in [5, 5.41) is 10.8. The number of halogens is 3. The van der Waals surface area contributed by atoms with Gasteiger partial charge in [0.25, 0.3) is 0 Å². The predicted octanol–water partition coefficient (Wildman–Crippen LogP) is 6.75. The lowest BCUT2D eigenvalue weighted by Crippen LogP contribution is -2.31. The third-order valence-corrected chi connectivity index (χ3v) is 8.92. The number of benzene rings is 2. The van der Waals surface area contributed by atoms with Crippen LogP contribution in [-0.4, -0.2) is 50.0 Å². The zero-order valence-electron chi connectivity index (χ0n) is 22.1. The van der Waals surface area contributed by atoms with Crippen molar-refractivity contribution in [3.05, 3.63) is 71.4 Å². The van der Waals surface area contributed by atoms with E-state index in [1.54, 1.807) is 23.9 Å². The van der Waals surface area contributed by atoms with Crippen molar-refractivity contribution in [2.75, 3.05) is 25.4 Å². The Morgan fingerprint density at radius 3 is 2.55 bits per heavy atom. The molecule has 5 nitrogen and oxygen atoms in total. The van der Waals surface area contributed by atoms with Gasteiger partial charge in [-0.25, -0.2) is 0 Å². The van der Waals surface area contributed by atoms with Gasteiger partial charge in [0.15, 0.2) is 11.0 Å². The average Bonchev–Trinajstić information content (AvgIpc) is 3.39. The quantitative estimate of drug-likeness (QED) is 0.192. The summed E-state index contributed by atoms with van der Waals surface area (Å²) in [6, 6.07) is 16.0. The Balaban J connectivity index is 1.16. The molecule has 0 amide bonds. The minimum Gasteiger partial charge on any atom is -0.305 e. The van der Waals surface area contributed by atoms with E-state index in [2.05, 4.69) is 46.1 Å².